The highest BCUT2D eigenvalue weighted by atomic mass is 19.4. The highest BCUT2D eigenvalue weighted by molar-refractivity contribution is 5.63. The lowest BCUT2D eigenvalue weighted by Gasteiger charge is -2.06. The molecule has 3 N–H and O–H groups in total. The molecule has 0 aliphatic heterocycles. The zero-order valence-electron chi connectivity index (χ0n) is 8.88. The van der Waals surface area contributed by atoms with Crippen LogP contribution in [-0.4, -0.2) is 4.98 Å². The van der Waals surface area contributed by atoms with Gasteiger partial charge in [-0.3, -0.25) is 0 Å². The number of H-pyrrole nitrogens is 1. The largest absolute Gasteiger partial charge is 0.416 e. The minimum Gasteiger partial charge on any atom is -0.363 e. The predicted molar refractivity (Wildman–Crippen MR) is 59.1 cm³/mol. The van der Waals surface area contributed by atoms with Gasteiger partial charge in [-0.05, 0) is 29.3 Å². The quantitative estimate of drug-likeness (QED) is 0.831. The van der Waals surface area contributed by atoms with E-state index in [-0.39, 0.29) is 0 Å². The van der Waals surface area contributed by atoms with Crippen LogP contribution in [0.3, 0.4) is 0 Å². The van der Waals surface area contributed by atoms with Gasteiger partial charge in [-0.1, -0.05) is 12.1 Å². The Morgan fingerprint density at radius 1 is 1.06 bits per heavy atom. The molecule has 2 rings (SSSR count). The summed E-state index contributed by atoms with van der Waals surface area (Å²) in [5.41, 5.74) is 7.21. The van der Waals surface area contributed by atoms with Crippen molar-refractivity contribution in [1.82, 2.24) is 4.98 Å². The van der Waals surface area contributed by atoms with E-state index in [2.05, 4.69) is 4.98 Å². The van der Waals surface area contributed by atoms with Crippen LogP contribution in [0.1, 0.15) is 11.3 Å². The van der Waals surface area contributed by atoms with Crippen molar-refractivity contribution in [3.63, 3.8) is 0 Å². The van der Waals surface area contributed by atoms with Crippen LogP contribution in [0, 0.1) is 0 Å². The van der Waals surface area contributed by atoms with E-state index in [9.17, 15) is 13.2 Å². The van der Waals surface area contributed by atoms with Crippen LogP contribution < -0.4 is 5.73 Å². The van der Waals surface area contributed by atoms with Crippen LogP contribution in [0.5, 0.6) is 0 Å². The third kappa shape index (κ3) is 2.50. The highest BCUT2D eigenvalue weighted by Crippen LogP contribution is 2.31. The molecule has 1 aromatic carbocycles. The third-order valence-electron chi connectivity index (χ3n) is 2.51. The molecule has 0 aliphatic carbocycles. The molecule has 0 fully saturated rings. The summed E-state index contributed by atoms with van der Waals surface area (Å²) in [6.07, 6.45) is -2.57. The van der Waals surface area contributed by atoms with Gasteiger partial charge in [0.25, 0.3) is 0 Å². The average molecular weight is 240 g/mol. The first-order chi connectivity index (χ1) is 8.00. The van der Waals surface area contributed by atoms with E-state index >= 15 is 0 Å². The van der Waals surface area contributed by atoms with Gasteiger partial charge in [0.15, 0.2) is 0 Å². The molecular weight excluding hydrogens is 229 g/mol. The normalized spacial score (nSPS) is 11.8. The van der Waals surface area contributed by atoms with Crippen molar-refractivity contribution in [2.45, 2.75) is 12.7 Å². The molecule has 0 radical (unpaired) electrons. The number of halogens is 3. The fraction of sp³-hybridized carbons (Fsp3) is 0.167. The number of hydrogen-bond acceptors (Lipinski definition) is 1. The molecular formula is C12H11F3N2. The van der Waals surface area contributed by atoms with E-state index in [0.717, 1.165) is 29.0 Å². The Morgan fingerprint density at radius 3 is 2.18 bits per heavy atom. The minimum absolute atomic E-state index is 0.376. The molecule has 17 heavy (non-hydrogen) atoms. The van der Waals surface area contributed by atoms with E-state index in [1.807, 2.05) is 6.07 Å². The molecule has 0 saturated heterocycles. The summed E-state index contributed by atoms with van der Waals surface area (Å²) in [5.74, 6) is 0. The highest BCUT2D eigenvalue weighted by Gasteiger charge is 2.29. The van der Waals surface area contributed by atoms with Crippen molar-refractivity contribution in [2.24, 2.45) is 5.73 Å². The molecule has 0 saturated carbocycles. The lowest BCUT2D eigenvalue weighted by molar-refractivity contribution is -0.137. The summed E-state index contributed by atoms with van der Waals surface area (Å²) in [6, 6.07) is 6.87. The first-order valence-electron chi connectivity index (χ1n) is 5.05. The maximum atomic E-state index is 12.4. The monoisotopic (exact) mass is 240 g/mol. The van der Waals surface area contributed by atoms with Crippen LogP contribution in [-0.2, 0) is 12.7 Å². The number of hydrogen-bond donors (Lipinski definition) is 2. The van der Waals surface area contributed by atoms with Crippen molar-refractivity contribution in [1.29, 1.82) is 0 Å². The molecule has 0 unspecified atom stereocenters. The summed E-state index contributed by atoms with van der Waals surface area (Å²) in [7, 11) is 0. The molecule has 0 bridgehead atoms. The molecule has 0 spiro atoms. The number of benzene rings is 1. The smallest absolute Gasteiger partial charge is 0.363 e. The zero-order chi connectivity index (χ0) is 12.5. The van der Waals surface area contributed by atoms with Crippen LogP contribution in [0.2, 0.25) is 0 Å². The van der Waals surface area contributed by atoms with Crippen molar-refractivity contribution in [2.75, 3.05) is 0 Å². The SMILES string of the molecule is NCc1cc(-c2ccc(C(F)(F)F)cc2)c[nH]1. The van der Waals surface area contributed by atoms with Gasteiger partial charge in [-0.15, -0.1) is 0 Å². The second-order valence-corrected chi connectivity index (χ2v) is 3.69. The maximum absolute atomic E-state index is 12.4. The lowest BCUT2D eigenvalue weighted by Crippen LogP contribution is -2.03. The first kappa shape index (κ1) is 11.7. The summed E-state index contributed by atoms with van der Waals surface area (Å²) < 4.78 is 37.1. The molecule has 0 amide bonds. The van der Waals surface area contributed by atoms with Crippen molar-refractivity contribution in [3.05, 3.63) is 47.8 Å². The zero-order valence-corrected chi connectivity index (χ0v) is 8.88. The lowest BCUT2D eigenvalue weighted by atomic mass is 10.1. The second-order valence-electron chi connectivity index (χ2n) is 3.69. The number of nitrogens with one attached hydrogen (secondary N) is 1. The number of aromatic amines is 1. The van der Waals surface area contributed by atoms with E-state index in [1.54, 1.807) is 6.20 Å². The number of aromatic nitrogens is 1. The Balaban J connectivity index is 2.29. The maximum Gasteiger partial charge on any atom is 0.416 e. The second kappa shape index (κ2) is 4.25. The Kier molecular flexibility index (Phi) is 2.93. The predicted octanol–water partition coefficient (Wildman–Crippen LogP) is 3.16. The van der Waals surface area contributed by atoms with Gasteiger partial charge in [-0.2, -0.15) is 13.2 Å². The molecule has 90 valence electrons. The Hall–Kier alpha value is -1.75. The van der Waals surface area contributed by atoms with E-state index in [0.29, 0.717) is 6.54 Å². The van der Waals surface area contributed by atoms with Crippen molar-refractivity contribution >= 4 is 0 Å². The fourth-order valence-corrected chi connectivity index (χ4v) is 1.58. The molecule has 0 atom stereocenters. The molecule has 0 aliphatic rings. The molecule has 5 heteroatoms. The number of alkyl halides is 3. The first-order valence-corrected chi connectivity index (χ1v) is 5.05. The van der Waals surface area contributed by atoms with Crippen molar-refractivity contribution in [3.8, 4) is 11.1 Å². The summed E-state index contributed by atoms with van der Waals surface area (Å²) in [5, 5.41) is 0. The molecule has 2 nitrogen and oxygen atoms in total. The molecule has 1 heterocycles. The van der Waals surface area contributed by atoms with Gasteiger partial charge in [0.2, 0.25) is 0 Å². The standard InChI is InChI=1S/C12H11F3N2/c13-12(14,15)10-3-1-8(2-4-10)9-5-11(6-16)17-7-9/h1-5,7,17H,6,16H2. The van der Waals surface area contributed by atoms with Gasteiger partial charge in [0.05, 0.1) is 5.56 Å². The van der Waals surface area contributed by atoms with E-state index in [1.165, 1.54) is 12.1 Å². The van der Waals surface area contributed by atoms with E-state index in [4.69, 9.17) is 5.73 Å². The molecule has 2 aromatic rings. The Labute approximate surface area is 96.3 Å². The van der Waals surface area contributed by atoms with Crippen LogP contribution in [0.25, 0.3) is 11.1 Å². The third-order valence-corrected chi connectivity index (χ3v) is 2.51. The van der Waals surface area contributed by atoms with Gasteiger partial charge in [0.1, 0.15) is 0 Å². The topological polar surface area (TPSA) is 41.8 Å². The average Bonchev–Trinajstić information content (AvgIpc) is 2.76. The Bertz CT molecular complexity index is 497. The van der Waals surface area contributed by atoms with Gasteiger partial charge in [0, 0.05) is 18.4 Å². The van der Waals surface area contributed by atoms with Gasteiger partial charge >= 0.3 is 6.18 Å². The number of nitrogens with two attached hydrogens (primary N) is 1. The number of rotatable bonds is 2. The minimum atomic E-state index is -4.29. The summed E-state index contributed by atoms with van der Waals surface area (Å²) in [4.78, 5) is 2.95. The van der Waals surface area contributed by atoms with Gasteiger partial charge in [-0.25, -0.2) is 0 Å². The van der Waals surface area contributed by atoms with Crippen LogP contribution in [0.15, 0.2) is 36.5 Å². The van der Waals surface area contributed by atoms with E-state index < -0.39 is 11.7 Å². The van der Waals surface area contributed by atoms with Crippen molar-refractivity contribution < 1.29 is 13.2 Å². The Morgan fingerprint density at radius 2 is 1.71 bits per heavy atom. The molecule has 1 aromatic heterocycles. The van der Waals surface area contributed by atoms with Crippen LogP contribution in [0.4, 0.5) is 13.2 Å². The van der Waals surface area contributed by atoms with Gasteiger partial charge < -0.3 is 10.7 Å². The van der Waals surface area contributed by atoms with Crippen LogP contribution >= 0.6 is 0 Å². The summed E-state index contributed by atoms with van der Waals surface area (Å²) in [6.45, 7) is 0.376. The fourth-order valence-electron chi connectivity index (χ4n) is 1.58. The summed E-state index contributed by atoms with van der Waals surface area (Å²) >= 11 is 0.